The number of rotatable bonds is 8. The lowest BCUT2D eigenvalue weighted by Gasteiger charge is -2.16. The second-order valence-corrected chi connectivity index (χ2v) is 3.66. The topological polar surface area (TPSA) is 28.0 Å². The predicted octanol–water partition coefficient (Wildman–Crippen LogP) is 2.45. The maximum atomic E-state index is 4.28. The van der Waals surface area contributed by atoms with Crippen molar-refractivity contribution in [2.45, 2.75) is 20.2 Å². The Morgan fingerprint density at radius 1 is 1.41 bits per heavy atom. The number of aliphatic imine (C=N–C) groups is 2. The molecule has 0 bridgehead atoms. The van der Waals surface area contributed by atoms with Gasteiger partial charge in [0.25, 0.3) is 0 Å². The summed E-state index contributed by atoms with van der Waals surface area (Å²) in [5.41, 5.74) is 1.73. The summed E-state index contributed by atoms with van der Waals surface area (Å²) in [4.78, 5) is 10.3. The molecule has 0 aliphatic carbocycles. The summed E-state index contributed by atoms with van der Waals surface area (Å²) in [6, 6.07) is 0. The van der Waals surface area contributed by atoms with Crippen LogP contribution < -0.4 is 0 Å². The van der Waals surface area contributed by atoms with E-state index in [0.29, 0.717) is 0 Å². The summed E-state index contributed by atoms with van der Waals surface area (Å²) in [7, 11) is 2.62. The van der Waals surface area contributed by atoms with Crippen LogP contribution in [0.15, 0.2) is 46.6 Å². The molecule has 0 saturated heterocycles. The maximum absolute atomic E-state index is 4.28. The van der Waals surface area contributed by atoms with Gasteiger partial charge in [-0.2, -0.15) is 0 Å². The van der Waals surface area contributed by atoms with E-state index in [-0.39, 0.29) is 0 Å². The van der Waals surface area contributed by atoms with Crippen molar-refractivity contribution in [1.29, 1.82) is 0 Å². The van der Waals surface area contributed by atoms with Crippen molar-refractivity contribution in [1.82, 2.24) is 4.81 Å². The van der Waals surface area contributed by atoms with Gasteiger partial charge < -0.3 is 4.81 Å². The minimum atomic E-state index is 0.738. The molecule has 0 amide bonds. The minimum absolute atomic E-state index is 0.738. The Kier molecular flexibility index (Phi) is 8.74. The molecule has 92 valence electrons. The highest BCUT2D eigenvalue weighted by Crippen LogP contribution is 1.97. The first-order valence-corrected chi connectivity index (χ1v) is 5.87. The molecule has 0 aromatic heterocycles. The smallest absolute Gasteiger partial charge is 0.234 e. The van der Waals surface area contributed by atoms with Crippen LogP contribution in [-0.4, -0.2) is 38.4 Å². The number of hydrogen-bond acceptors (Lipinski definition) is 2. The summed E-state index contributed by atoms with van der Waals surface area (Å²) in [5, 5.41) is 0. The van der Waals surface area contributed by atoms with Crippen molar-refractivity contribution in [2.24, 2.45) is 9.98 Å². The van der Waals surface area contributed by atoms with E-state index in [1.54, 1.807) is 19.6 Å². The van der Waals surface area contributed by atoms with Gasteiger partial charge in [0, 0.05) is 19.8 Å². The van der Waals surface area contributed by atoms with E-state index in [1.807, 2.05) is 12.2 Å². The van der Waals surface area contributed by atoms with Crippen LogP contribution in [0.1, 0.15) is 13.3 Å². The van der Waals surface area contributed by atoms with Crippen LogP contribution in [0, 0.1) is 0 Å². The second-order valence-electron chi connectivity index (χ2n) is 3.66. The number of hydrogen-bond donors (Lipinski definition) is 0. The Morgan fingerprint density at radius 2 is 2.12 bits per heavy atom. The van der Waals surface area contributed by atoms with Crippen LogP contribution in [-0.2, 0) is 0 Å². The van der Waals surface area contributed by atoms with Crippen LogP contribution in [0.4, 0.5) is 0 Å². The maximum Gasteiger partial charge on any atom is 0.234 e. The molecular formula is C13H22BN3. The molecule has 0 aromatic carbocycles. The summed E-state index contributed by atoms with van der Waals surface area (Å²) >= 11 is 0. The van der Waals surface area contributed by atoms with E-state index in [0.717, 1.165) is 31.7 Å². The quantitative estimate of drug-likeness (QED) is 0.273. The van der Waals surface area contributed by atoms with Crippen molar-refractivity contribution in [3.8, 4) is 0 Å². The fraction of sp³-hybridized carbons (Fsp3) is 0.385. The van der Waals surface area contributed by atoms with Gasteiger partial charge in [-0.25, -0.2) is 4.99 Å². The predicted molar refractivity (Wildman–Crippen MR) is 80.3 cm³/mol. The van der Waals surface area contributed by atoms with Gasteiger partial charge in [0.05, 0.1) is 12.0 Å². The van der Waals surface area contributed by atoms with Crippen molar-refractivity contribution in [2.75, 3.05) is 13.6 Å². The lowest BCUT2D eigenvalue weighted by atomic mass is 9.96. The van der Waals surface area contributed by atoms with Gasteiger partial charge >= 0.3 is 0 Å². The van der Waals surface area contributed by atoms with E-state index >= 15 is 0 Å². The SMILES string of the molecule is C=C(/C=N\C)CN(BC)/C=N\C(=C)/C=C\CC. The minimum Gasteiger partial charge on any atom is -0.406 e. The standard InChI is InChI=1S/C13H22BN3/c1-6-7-8-13(3)16-11-17(14-4)10-12(2)9-15-5/h7-9,11,14H,2-3,6,10H2,1,4-5H3/b8-7-,15-9-,16-11-. The first-order valence-electron chi connectivity index (χ1n) is 5.87. The average molecular weight is 231 g/mol. The molecule has 0 aliphatic heterocycles. The first-order chi connectivity index (χ1) is 8.13. The van der Waals surface area contributed by atoms with Crippen molar-refractivity contribution >= 4 is 20.0 Å². The fourth-order valence-electron chi connectivity index (χ4n) is 1.17. The van der Waals surface area contributed by atoms with Gasteiger partial charge in [-0.05, 0) is 18.1 Å². The average Bonchev–Trinajstić information content (AvgIpc) is 2.32. The molecule has 0 heterocycles. The molecule has 3 nitrogen and oxygen atoms in total. The molecule has 0 aliphatic rings. The third-order valence-electron chi connectivity index (χ3n) is 2.06. The Balaban J connectivity index is 4.29. The summed E-state index contributed by atoms with van der Waals surface area (Å²) in [5.74, 6) is 0. The van der Waals surface area contributed by atoms with Gasteiger partial charge in [0.1, 0.15) is 0 Å². The summed E-state index contributed by atoms with van der Waals surface area (Å²) in [6.07, 6.45) is 8.53. The molecule has 0 unspecified atom stereocenters. The van der Waals surface area contributed by atoms with Crippen LogP contribution in [0.2, 0.25) is 6.82 Å². The van der Waals surface area contributed by atoms with Gasteiger partial charge in [-0.3, -0.25) is 4.99 Å². The fourth-order valence-corrected chi connectivity index (χ4v) is 1.17. The van der Waals surface area contributed by atoms with Crippen molar-refractivity contribution in [3.63, 3.8) is 0 Å². The molecule has 4 heteroatoms. The van der Waals surface area contributed by atoms with E-state index in [4.69, 9.17) is 0 Å². The van der Waals surface area contributed by atoms with Gasteiger partial charge in [-0.1, -0.05) is 33.0 Å². The molecule has 0 aromatic rings. The molecule has 0 fully saturated rings. The highest BCUT2D eigenvalue weighted by Gasteiger charge is 1.99. The van der Waals surface area contributed by atoms with E-state index < -0.39 is 0 Å². The first kappa shape index (κ1) is 15.4. The molecule has 0 saturated carbocycles. The Morgan fingerprint density at radius 3 is 2.65 bits per heavy atom. The van der Waals surface area contributed by atoms with Crippen LogP contribution in [0.25, 0.3) is 0 Å². The van der Waals surface area contributed by atoms with Crippen LogP contribution in [0.3, 0.4) is 0 Å². The summed E-state index contributed by atoms with van der Waals surface area (Å²) in [6.45, 7) is 12.7. The highest BCUT2D eigenvalue weighted by molar-refractivity contribution is 6.33. The molecule has 0 rings (SSSR count). The molecular weight excluding hydrogens is 209 g/mol. The highest BCUT2D eigenvalue weighted by atomic mass is 15.1. The van der Waals surface area contributed by atoms with Gasteiger partial charge in [0.15, 0.2) is 0 Å². The lowest BCUT2D eigenvalue weighted by Crippen LogP contribution is -2.26. The van der Waals surface area contributed by atoms with E-state index in [2.05, 4.69) is 41.7 Å². The van der Waals surface area contributed by atoms with Crippen molar-refractivity contribution in [3.05, 3.63) is 36.6 Å². The molecule has 17 heavy (non-hydrogen) atoms. The third-order valence-corrected chi connectivity index (χ3v) is 2.06. The largest absolute Gasteiger partial charge is 0.406 e. The zero-order valence-electron chi connectivity index (χ0n) is 11.2. The summed E-state index contributed by atoms with van der Waals surface area (Å²) < 4.78 is 0. The zero-order chi connectivity index (χ0) is 13.1. The normalized spacial score (nSPS) is 11.5. The zero-order valence-corrected chi connectivity index (χ0v) is 11.2. The second kappa shape index (κ2) is 9.64. The van der Waals surface area contributed by atoms with Crippen molar-refractivity contribution < 1.29 is 0 Å². The Hall–Kier alpha value is -1.58. The molecule has 0 radical (unpaired) electrons. The van der Waals surface area contributed by atoms with E-state index in [1.165, 1.54) is 0 Å². The number of allylic oxidation sites excluding steroid dienone is 2. The monoisotopic (exact) mass is 231 g/mol. The molecule has 0 N–H and O–H groups in total. The van der Waals surface area contributed by atoms with Crippen LogP contribution >= 0.6 is 0 Å². The Bertz CT molecular complexity index is 330. The Labute approximate surface area is 106 Å². The molecule has 0 spiro atoms. The lowest BCUT2D eigenvalue weighted by molar-refractivity contribution is 0.733. The number of nitrogens with zero attached hydrogens (tertiary/aromatic N) is 3. The van der Waals surface area contributed by atoms with Gasteiger partial charge in [0.2, 0.25) is 7.41 Å². The van der Waals surface area contributed by atoms with E-state index in [9.17, 15) is 0 Å². The van der Waals surface area contributed by atoms with Crippen LogP contribution in [0.5, 0.6) is 0 Å². The molecule has 0 atom stereocenters. The van der Waals surface area contributed by atoms with Gasteiger partial charge in [-0.15, -0.1) is 0 Å². The third kappa shape index (κ3) is 8.25.